The van der Waals surface area contributed by atoms with Gasteiger partial charge in [-0.25, -0.2) is 4.68 Å². The summed E-state index contributed by atoms with van der Waals surface area (Å²) in [6, 6.07) is 20.8. The minimum absolute atomic E-state index is 0. The van der Waals surface area contributed by atoms with Gasteiger partial charge in [-0.1, -0.05) is 43.8 Å². The van der Waals surface area contributed by atoms with Gasteiger partial charge < -0.3 is 0 Å². The molecule has 0 saturated heterocycles. The third-order valence-electron chi connectivity index (χ3n) is 3.06. The summed E-state index contributed by atoms with van der Waals surface area (Å²) in [6.07, 6.45) is 1.67. The second-order valence-electron chi connectivity index (χ2n) is 4.96. The Balaban J connectivity index is 0.00000208. The van der Waals surface area contributed by atoms with Crippen molar-refractivity contribution < 1.29 is 13.6 Å². The number of para-hydroxylation sites is 2. The maximum Gasteiger partial charge on any atom is 0.539 e. The zero-order valence-electron chi connectivity index (χ0n) is 13.0. The molecule has 0 amide bonds. The average molecular weight is 345 g/mol. The van der Waals surface area contributed by atoms with E-state index in [1.165, 1.54) is 0 Å². The Kier molecular flexibility index (Phi) is 5.83. The molecule has 24 heavy (non-hydrogen) atoms. The largest absolute Gasteiger partial charge is 0.539 e. The van der Waals surface area contributed by atoms with Crippen LogP contribution in [0.25, 0.3) is 0 Å². The van der Waals surface area contributed by atoms with Gasteiger partial charge in [-0.2, -0.15) is 5.10 Å². The lowest BCUT2D eigenvalue weighted by Gasteiger charge is -2.19. The topological polar surface area (TPSA) is 45.5 Å². The van der Waals surface area contributed by atoms with Crippen molar-refractivity contribution in [1.82, 2.24) is 9.78 Å². The van der Waals surface area contributed by atoms with Gasteiger partial charge in [-0.05, 0) is 24.3 Å². The van der Waals surface area contributed by atoms with Crippen LogP contribution in [-0.4, -0.2) is 16.4 Å². The molecule has 0 radical (unpaired) electrons. The van der Waals surface area contributed by atoms with Crippen molar-refractivity contribution in [3.63, 3.8) is 0 Å². The molecular weight excluding hydrogens is 323 g/mol. The first-order valence-corrected chi connectivity index (χ1v) is 9.17. The number of nitrogens with zero attached hydrogens (tertiary/aromatic N) is 2. The fourth-order valence-electron chi connectivity index (χ4n) is 2.02. The third-order valence-corrected chi connectivity index (χ3v) is 4.67. The van der Waals surface area contributed by atoms with E-state index >= 15 is 0 Å². The second-order valence-corrected chi connectivity index (χ2v) is 7.05. The maximum absolute atomic E-state index is 6.06. The van der Waals surface area contributed by atoms with E-state index < -0.39 is 7.94 Å². The summed E-state index contributed by atoms with van der Waals surface area (Å²) in [6.45, 7) is 1.83. The zero-order valence-corrected chi connectivity index (χ0v) is 13.9. The Morgan fingerprint density at radius 3 is 1.71 bits per heavy atom. The normalized spacial score (nSPS) is 10.6. The highest BCUT2D eigenvalue weighted by Gasteiger charge is 2.44. The fraction of sp³-hybridized carbons (Fsp3) is 0.167. The Labute approximate surface area is 143 Å². The van der Waals surface area contributed by atoms with Gasteiger partial charge in [0.2, 0.25) is 0 Å². The quantitative estimate of drug-likeness (QED) is 0.591. The van der Waals surface area contributed by atoms with Gasteiger partial charge in [0.05, 0.1) is 6.20 Å². The molecule has 0 spiro atoms. The lowest BCUT2D eigenvalue weighted by molar-refractivity contribution is 0.348. The molecule has 0 fully saturated rings. The minimum atomic E-state index is -2.69. The highest BCUT2D eigenvalue weighted by Crippen LogP contribution is 2.57. The highest BCUT2D eigenvalue weighted by molar-refractivity contribution is 7.62. The van der Waals surface area contributed by atoms with Crippen molar-refractivity contribution in [3.05, 3.63) is 72.9 Å². The standard InChI is InChI=1S/C17H18N2O3P.CH4/c1-19-17(13-14-18-19)22-23(2,20-15-9-5-3-6-10-15)21-16-11-7-4-8-12-16;/h3-14H,1-2H3;1H4/q+1;. The molecule has 0 saturated carbocycles. The Morgan fingerprint density at radius 2 is 1.29 bits per heavy atom. The zero-order chi connectivity index (χ0) is 16.1. The van der Waals surface area contributed by atoms with Crippen molar-refractivity contribution >= 4 is 7.94 Å². The van der Waals surface area contributed by atoms with E-state index in [1.807, 2.05) is 74.4 Å². The molecule has 0 atom stereocenters. The van der Waals surface area contributed by atoms with Crippen LogP contribution >= 0.6 is 7.94 Å². The lowest BCUT2D eigenvalue weighted by atomic mass is 10.3. The molecule has 1 aromatic heterocycles. The molecular formula is C18H22N2O3P+. The summed E-state index contributed by atoms with van der Waals surface area (Å²) < 4.78 is 19.8. The third kappa shape index (κ3) is 4.49. The van der Waals surface area contributed by atoms with Gasteiger partial charge in [0.25, 0.3) is 5.88 Å². The number of aryl methyl sites for hydroxylation is 1. The molecule has 3 aromatic rings. The average Bonchev–Trinajstić information content (AvgIpc) is 2.93. The molecule has 0 bridgehead atoms. The van der Waals surface area contributed by atoms with Crippen molar-refractivity contribution in [1.29, 1.82) is 0 Å². The molecule has 0 aliphatic heterocycles. The molecule has 0 N–H and O–H groups in total. The number of benzene rings is 2. The second kappa shape index (κ2) is 7.84. The van der Waals surface area contributed by atoms with Crippen LogP contribution in [0.1, 0.15) is 7.43 Å². The Hall–Kier alpha value is -2.52. The summed E-state index contributed by atoms with van der Waals surface area (Å²) in [5.41, 5.74) is 0. The maximum atomic E-state index is 6.06. The highest BCUT2D eigenvalue weighted by atomic mass is 31.2. The number of aromatic nitrogens is 2. The molecule has 1 heterocycles. The Morgan fingerprint density at radius 1 is 0.792 bits per heavy atom. The number of hydrogen-bond donors (Lipinski definition) is 0. The first-order chi connectivity index (χ1) is 11.1. The van der Waals surface area contributed by atoms with E-state index in [0.29, 0.717) is 17.4 Å². The van der Waals surface area contributed by atoms with E-state index in [4.69, 9.17) is 13.6 Å². The predicted octanol–water partition coefficient (Wildman–Crippen LogP) is 4.99. The molecule has 5 nitrogen and oxygen atoms in total. The van der Waals surface area contributed by atoms with Crippen molar-refractivity contribution in [2.24, 2.45) is 7.05 Å². The molecule has 0 unspecified atom stereocenters. The van der Waals surface area contributed by atoms with Gasteiger partial charge in [-0.3, -0.25) is 13.6 Å². The minimum Gasteiger partial charge on any atom is -0.272 e. The SMILES string of the molecule is C.Cn1nccc1O[P+](C)(Oc1ccccc1)Oc1ccccc1. The van der Waals surface area contributed by atoms with Crippen LogP contribution < -0.4 is 13.6 Å². The van der Waals surface area contributed by atoms with E-state index in [0.717, 1.165) is 0 Å². The van der Waals surface area contributed by atoms with Crippen molar-refractivity contribution in [2.75, 3.05) is 6.66 Å². The van der Waals surface area contributed by atoms with E-state index in [2.05, 4.69) is 5.10 Å². The van der Waals surface area contributed by atoms with Gasteiger partial charge in [0.15, 0.2) is 18.2 Å². The van der Waals surface area contributed by atoms with E-state index in [1.54, 1.807) is 16.9 Å². The summed E-state index contributed by atoms with van der Waals surface area (Å²) >= 11 is 0. The van der Waals surface area contributed by atoms with E-state index in [9.17, 15) is 0 Å². The molecule has 0 aliphatic carbocycles. The molecule has 126 valence electrons. The van der Waals surface area contributed by atoms with Crippen LogP contribution in [0.15, 0.2) is 72.9 Å². The van der Waals surface area contributed by atoms with Crippen molar-refractivity contribution in [2.45, 2.75) is 7.43 Å². The van der Waals surface area contributed by atoms with Gasteiger partial charge >= 0.3 is 7.94 Å². The molecule has 0 aliphatic rings. The predicted molar refractivity (Wildman–Crippen MR) is 97.6 cm³/mol. The van der Waals surface area contributed by atoms with Crippen LogP contribution in [-0.2, 0) is 7.05 Å². The molecule has 2 aromatic carbocycles. The van der Waals surface area contributed by atoms with Gasteiger partial charge in [0, 0.05) is 13.1 Å². The van der Waals surface area contributed by atoms with Crippen LogP contribution in [0.4, 0.5) is 0 Å². The molecule has 3 rings (SSSR count). The van der Waals surface area contributed by atoms with Gasteiger partial charge in [0.1, 0.15) is 0 Å². The first kappa shape index (κ1) is 17.8. The summed E-state index contributed by atoms with van der Waals surface area (Å²) in [5.74, 6) is 1.98. The van der Waals surface area contributed by atoms with Crippen LogP contribution in [0.3, 0.4) is 0 Å². The summed E-state index contributed by atoms with van der Waals surface area (Å²) in [5, 5.41) is 4.11. The van der Waals surface area contributed by atoms with E-state index in [-0.39, 0.29) is 7.43 Å². The van der Waals surface area contributed by atoms with Crippen LogP contribution in [0, 0.1) is 0 Å². The molecule has 6 heteroatoms. The lowest BCUT2D eigenvalue weighted by Crippen LogP contribution is -2.15. The monoisotopic (exact) mass is 345 g/mol. The van der Waals surface area contributed by atoms with Crippen LogP contribution in [0.5, 0.6) is 17.4 Å². The number of rotatable bonds is 6. The van der Waals surface area contributed by atoms with Gasteiger partial charge in [-0.15, -0.1) is 0 Å². The Bertz CT molecular complexity index is 706. The first-order valence-electron chi connectivity index (χ1n) is 7.18. The number of hydrogen-bond acceptors (Lipinski definition) is 4. The fourth-order valence-corrected chi connectivity index (χ4v) is 3.66. The summed E-state index contributed by atoms with van der Waals surface area (Å²) in [7, 11) is -0.879. The van der Waals surface area contributed by atoms with Crippen molar-refractivity contribution in [3.8, 4) is 17.4 Å². The smallest absolute Gasteiger partial charge is 0.272 e. The summed E-state index contributed by atoms with van der Waals surface area (Å²) in [4.78, 5) is 0. The van der Waals surface area contributed by atoms with Crippen LogP contribution in [0.2, 0.25) is 0 Å².